The van der Waals surface area contributed by atoms with Crippen molar-refractivity contribution in [1.82, 2.24) is 0 Å². The molecule has 2 N–H and O–H groups in total. The highest BCUT2D eigenvalue weighted by Gasteiger charge is 2.28. The first kappa shape index (κ1) is 11.0. The van der Waals surface area contributed by atoms with Gasteiger partial charge in [-0.15, -0.1) is 0 Å². The van der Waals surface area contributed by atoms with Crippen LogP contribution >= 0.6 is 0 Å². The third-order valence-electron chi connectivity index (χ3n) is 2.31. The summed E-state index contributed by atoms with van der Waals surface area (Å²) in [5, 5.41) is 0. The maximum atomic E-state index is 12.9. The van der Waals surface area contributed by atoms with Gasteiger partial charge in [-0.3, -0.25) is 4.79 Å². The molecule has 1 aliphatic rings. The lowest BCUT2D eigenvalue weighted by Gasteiger charge is -2.18. The third-order valence-corrected chi connectivity index (χ3v) is 2.31. The molecule has 0 aromatic heterocycles. The van der Waals surface area contributed by atoms with E-state index in [1.807, 2.05) is 5.92 Å². The normalized spacial score (nSPS) is 25.4. The second-order valence-electron chi connectivity index (χ2n) is 3.62. The van der Waals surface area contributed by atoms with E-state index in [2.05, 4.69) is 5.92 Å². The van der Waals surface area contributed by atoms with Gasteiger partial charge in [-0.25, -0.2) is 0 Å². The number of amides is 1. The van der Waals surface area contributed by atoms with Crippen molar-refractivity contribution in [2.75, 3.05) is 0 Å². The summed E-state index contributed by atoms with van der Waals surface area (Å²) in [6.07, 6.45) is 1.36. The monoisotopic (exact) mass is 201 g/mol. The number of carbonyl (C=O) groups is 1. The number of alkyl halides is 2. The summed E-state index contributed by atoms with van der Waals surface area (Å²) >= 11 is 0. The van der Waals surface area contributed by atoms with Gasteiger partial charge in [0.05, 0.1) is 0 Å². The van der Waals surface area contributed by atoms with E-state index in [9.17, 15) is 13.6 Å². The molecule has 0 bridgehead atoms. The minimum Gasteiger partial charge on any atom is -0.370 e. The highest BCUT2D eigenvalue weighted by molar-refractivity contribution is 5.73. The van der Waals surface area contributed by atoms with Crippen molar-refractivity contribution in [2.45, 2.75) is 38.0 Å². The lowest BCUT2D eigenvalue weighted by atomic mass is 9.91. The smallest absolute Gasteiger partial charge is 0.308 e. The molecule has 1 aliphatic carbocycles. The maximum absolute atomic E-state index is 12.9. The van der Waals surface area contributed by atoms with Crippen LogP contribution in [0, 0.1) is 17.8 Å². The molecule has 0 fully saturated rings. The zero-order valence-corrected chi connectivity index (χ0v) is 7.85. The lowest BCUT2D eigenvalue weighted by molar-refractivity contribution is -0.119. The van der Waals surface area contributed by atoms with Crippen molar-refractivity contribution >= 4 is 5.91 Å². The predicted octanol–water partition coefficient (Wildman–Crippen LogP) is 1.69. The van der Waals surface area contributed by atoms with Gasteiger partial charge in [0.2, 0.25) is 5.91 Å². The quantitative estimate of drug-likeness (QED) is 0.679. The molecule has 1 atom stereocenters. The van der Waals surface area contributed by atoms with Crippen LogP contribution in [0.3, 0.4) is 0 Å². The van der Waals surface area contributed by atoms with E-state index < -0.39 is 11.8 Å². The molecule has 0 aromatic carbocycles. The van der Waals surface area contributed by atoms with Crippen LogP contribution in [0.15, 0.2) is 0 Å². The number of halogens is 2. The topological polar surface area (TPSA) is 43.1 Å². The fraction of sp³-hybridized carbons (Fsp3) is 0.700. The van der Waals surface area contributed by atoms with Gasteiger partial charge in [0.15, 0.2) is 0 Å². The molecule has 1 amide bonds. The van der Waals surface area contributed by atoms with E-state index in [0.29, 0.717) is 19.3 Å². The Kier molecular flexibility index (Phi) is 3.45. The Hall–Kier alpha value is -1.11. The molecule has 78 valence electrons. The van der Waals surface area contributed by atoms with Gasteiger partial charge in [-0.2, -0.15) is 8.78 Å². The molecule has 0 aromatic rings. The summed E-state index contributed by atoms with van der Waals surface area (Å²) < 4.78 is 25.7. The summed E-state index contributed by atoms with van der Waals surface area (Å²) in [6, 6.07) is 0. The molecule has 0 saturated heterocycles. The largest absolute Gasteiger partial charge is 0.370 e. The third kappa shape index (κ3) is 3.73. The first-order valence-corrected chi connectivity index (χ1v) is 4.66. The Balaban J connectivity index is 2.54. The van der Waals surface area contributed by atoms with Gasteiger partial charge in [-0.1, -0.05) is 5.92 Å². The van der Waals surface area contributed by atoms with Crippen LogP contribution in [0.2, 0.25) is 0 Å². The highest BCUT2D eigenvalue weighted by atomic mass is 19.3. The van der Waals surface area contributed by atoms with Crippen LogP contribution < -0.4 is 5.73 Å². The van der Waals surface area contributed by atoms with Crippen LogP contribution in [-0.4, -0.2) is 11.8 Å². The molecule has 0 spiro atoms. The Morgan fingerprint density at radius 2 is 2.21 bits per heavy atom. The molecule has 2 nitrogen and oxygen atoms in total. The van der Waals surface area contributed by atoms with Crippen LogP contribution in [0.5, 0.6) is 0 Å². The zero-order chi connectivity index (χ0) is 10.6. The number of rotatable bonds is 2. The minimum atomic E-state index is -2.89. The highest BCUT2D eigenvalue weighted by Crippen LogP contribution is 2.27. The molecule has 0 saturated carbocycles. The van der Waals surface area contributed by atoms with E-state index in [1.165, 1.54) is 0 Å². The van der Waals surface area contributed by atoms with Crippen molar-refractivity contribution in [2.24, 2.45) is 11.7 Å². The number of nitrogens with two attached hydrogens (primary N) is 1. The summed E-state index contributed by atoms with van der Waals surface area (Å²) in [6.45, 7) is 0. The Morgan fingerprint density at radius 1 is 1.50 bits per heavy atom. The summed E-state index contributed by atoms with van der Waals surface area (Å²) in [5.41, 5.74) is 5.02. The van der Waals surface area contributed by atoms with Gasteiger partial charge in [0.25, 0.3) is 0 Å². The first-order chi connectivity index (χ1) is 6.49. The van der Waals surface area contributed by atoms with E-state index in [-0.39, 0.29) is 18.8 Å². The van der Waals surface area contributed by atoms with Gasteiger partial charge in [0.1, 0.15) is 0 Å². The second kappa shape index (κ2) is 4.41. The number of hydrogen-bond donors (Lipinski definition) is 1. The van der Waals surface area contributed by atoms with Crippen molar-refractivity contribution in [3.8, 4) is 11.8 Å². The molecule has 14 heavy (non-hydrogen) atoms. The lowest BCUT2D eigenvalue weighted by Crippen LogP contribution is -2.21. The fourth-order valence-electron chi connectivity index (χ4n) is 1.55. The molecule has 0 heterocycles. The number of carbonyl (C=O) groups excluding carboxylic acids is 1. The molecular weight excluding hydrogens is 188 g/mol. The molecule has 0 aliphatic heterocycles. The van der Waals surface area contributed by atoms with Gasteiger partial charge in [-0.05, 0) is 24.7 Å². The minimum absolute atomic E-state index is 0.0343. The van der Waals surface area contributed by atoms with Crippen molar-refractivity contribution in [3.63, 3.8) is 0 Å². The summed E-state index contributed by atoms with van der Waals surface area (Å²) in [4.78, 5) is 10.6. The van der Waals surface area contributed by atoms with Crippen LogP contribution in [0.25, 0.3) is 0 Å². The van der Waals surface area contributed by atoms with E-state index in [4.69, 9.17) is 5.73 Å². The number of primary amides is 1. The molecule has 1 rings (SSSR count). The standard InChI is InChI=1S/C10H13F2NO/c11-10(12)5-2-1-3-8(4-6-10)7-9(13)14/h8H,1,3-4,6-7H2,(H2,13,14). The van der Waals surface area contributed by atoms with E-state index >= 15 is 0 Å². The Labute approximate surface area is 81.8 Å². The number of hydrogen-bond acceptors (Lipinski definition) is 1. The molecule has 1 unspecified atom stereocenters. The Morgan fingerprint density at radius 3 is 2.86 bits per heavy atom. The van der Waals surface area contributed by atoms with Crippen LogP contribution in [-0.2, 0) is 4.79 Å². The Bertz CT molecular complexity index is 278. The van der Waals surface area contributed by atoms with Crippen molar-refractivity contribution < 1.29 is 13.6 Å². The van der Waals surface area contributed by atoms with Crippen LogP contribution in [0.4, 0.5) is 8.78 Å². The van der Waals surface area contributed by atoms with Gasteiger partial charge >= 0.3 is 5.92 Å². The fourth-order valence-corrected chi connectivity index (χ4v) is 1.55. The first-order valence-electron chi connectivity index (χ1n) is 4.66. The average molecular weight is 201 g/mol. The predicted molar refractivity (Wildman–Crippen MR) is 48.5 cm³/mol. The average Bonchev–Trinajstić information content (AvgIpc) is 2.05. The van der Waals surface area contributed by atoms with Crippen LogP contribution in [0.1, 0.15) is 32.1 Å². The SMILES string of the molecule is NC(=O)CC1CCC#CC(F)(F)CC1. The van der Waals surface area contributed by atoms with E-state index in [1.54, 1.807) is 0 Å². The second-order valence-corrected chi connectivity index (χ2v) is 3.62. The van der Waals surface area contributed by atoms with E-state index in [0.717, 1.165) is 0 Å². The summed E-state index contributed by atoms with van der Waals surface area (Å²) in [7, 11) is 0. The van der Waals surface area contributed by atoms with Crippen molar-refractivity contribution in [3.05, 3.63) is 0 Å². The molecular formula is C10H13F2NO. The zero-order valence-electron chi connectivity index (χ0n) is 7.85. The summed E-state index contributed by atoms with van der Waals surface area (Å²) in [5.74, 6) is 1.01. The van der Waals surface area contributed by atoms with Crippen molar-refractivity contribution in [1.29, 1.82) is 0 Å². The van der Waals surface area contributed by atoms with Gasteiger partial charge in [0, 0.05) is 19.3 Å². The molecule has 4 heteroatoms. The van der Waals surface area contributed by atoms with Gasteiger partial charge < -0.3 is 5.73 Å². The maximum Gasteiger partial charge on any atom is 0.308 e. The molecule has 0 radical (unpaired) electrons.